The Hall–Kier alpha value is -2.48. The second kappa shape index (κ2) is 7.87. The second-order valence-corrected chi connectivity index (χ2v) is 8.39. The zero-order valence-electron chi connectivity index (χ0n) is 16.0. The van der Waals surface area contributed by atoms with E-state index in [9.17, 15) is 14.4 Å². The number of hydrogen-bond acceptors (Lipinski definition) is 6. The van der Waals surface area contributed by atoms with Crippen LogP contribution in [0, 0.1) is 0 Å². The van der Waals surface area contributed by atoms with Gasteiger partial charge >= 0.3 is 12.1 Å². The third-order valence-electron chi connectivity index (χ3n) is 4.46. The van der Waals surface area contributed by atoms with Gasteiger partial charge in [0.15, 0.2) is 0 Å². The first-order valence-corrected chi connectivity index (χ1v) is 9.49. The molecule has 3 atom stereocenters. The summed E-state index contributed by atoms with van der Waals surface area (Å²) in [7, 11) is 0. The molecule has 2 aliphatic heterocycles. The Bertz CT molecular complexity index is 792. The van der Waals surface area contributed by atoms with Crippen molar-refractivity contribution in [1.82, 2.24) is 10.6 Å². The number of amides is 2. The van der Waals surface area contributed by atoms with Gasteiger partial charge < -0.3 is 25.4 Å². The molecule has 2 heterocycles. The van der Waals surface area contributed by atoms with Crippen LogP contribution in [0.1, 0.15) is 32.8 Å². The minimum Gasteiger partial charge on any atom is -0.463 e. The smallest absolute Gasteiger partial charge is 0.408 e. The number of halogens is 1. The Morgan fingerprint density at radius 2 is 1.96 bits per heavy atom. The molecule has 2 amide bonds. The summed E-state index contributed by atoms with van der Waals surface area (Å²) >= 11 is 6.00. The summed E-state index contributed by atoms with van der Waals surface area (Å²) in [5, 5.41) is 9.29. The summed E-state index contributed by atoms with van der Waals surface area (Å²) in [6, 6.07) is 3.77. The summed E-state index contributed by atoms with van der Waals surface area (Å²) in [5.41, 5.74) is 1.16. The first-order chi connectivity index (χ1) is 13.1. The molecular weight excluding hydrogens is 386 g/mol. The topological polar surface area (TPSA) is 106 Å². The van der Waals surface area contributed by atoms with Gasteiger partial charge in [0.25, 0.3) is 0 Å². The van der Waals surface area contributed by atoms with E-state index in [2.05, 4.69) is 16.0 Å². The summed E-state index contributed by atoms with van der Waals surface area (Å²) in [6.45, 7) is 5.23. The van der Waals surface area contributed by atoms with Gasteiger partial charge in [-0.15, -0.1) is 0 Å². The van der Waals surface area contributed by atoms with Crippen molar-refractivity contribution in [2.75, 3.05) is 11.9 Å². The van der Waals surface area contributed by atoms with Crippen LogP contribution in [0.3, 0.4) is 0 Å². The molecule has 8 nitrogen and oxygen atoms in total. The molecule has 28 heavy (non-hydrogen) atoms. The fourth-order valence-corrected chi connectivity index (χ4v) is 3.40. The number of alkyl carbamates (subject to hydrolysis) is 1. The van der Waals surface area contributed by atoms with E-state index >= 15 is 0 Å². The van der Waals surface area contributed by atoms with Crippen LogP contribution in [0.5, 0.6) is 0 Å². The number of anilines is 1. The number of hydrogen-bond donors (Lipinski definition) is 3. The standard InChI is InChI=1S/C19H24ClN3O5/c1-19(2,3)28-18(26)23-15-9-27-16(24)8-13(15)22-17(25)14-7-10-6-11(20)4-5-12(10)21-14/h4-6,13-15,21H,7-9H2,1-3H3,(H,22,25)(H,23,26)/t13-,14?,15+/m1/s1. The monoisotopic (exact) mass is 409 g/mol. The molecule has 152 valence electrons. The average Bonchev–Trinajstić information content (AvgIpc) is 2.99. The third kappa shape index (κ3) is 5.07. The van der Waals surface area contributed by atoms with E-state index in [1.54, 1.807) is 26.8 Å². The van der Waals surface area contributed by atoms with Gasteiger partial charge in [-0.1, -0.05) is 11.6 Å². The Kier molecular flexibility index (Phi) is 5.69. The Morgan fingerprint density at radius 3 is 2.68 bits per heavy atom. The first kappa shape index (κ1) is 20.3. The normalized spacial score (nSPS) is 23.9. The predicted octanol–water partition coefficient (Wildman–Crippen LogP) is 2.00. The van der Waals surface area contributed by atoms with Crippen molar-refractivity contribution in [3.8, 4) is 0 Å². The lowest BCUT2D eigenvalue weighted by molar-refractivity contribution is -0.149. The van der Waals surface area contributed by atoms with E-state index in [1.807, 2.05) is 12.1 Å². The zero-order valence-corrected chi connectivity index (χ0v) is 16.8. The Labute approximate surface area is 168 Å². The molecule has 1 saturated heterocycles. The van der Waals surface area contributed by atoms with Crippen molar-refractivity contribution in [3.05, 3.63) is 28.8 Å². The number of cyclic esters (lactones) is 1. The van der Waals surface area contributed by atoms with E-state index in [0.29, 0.717) is 11.4 Å². The number of carbonyl (C=O) groups is 3. The van der Waals surface area contributed by atoms with E-state index in [0.717, 1.165) is 11.3 Å². The van der Waals surface area contributed by atoms with Gasteiger partial charge in [0, 0.05) is 17.1 Å². The van der Waals surface area contributed by atoms with E-state index in [-0.39, 0.29) is 18.9 Å². The van der Waals surface area contributed by atoms with Gasteiger partial charge in [-0.25, -0.2) is 4.79 Å². The molecule has 0 aromatic heterocycles. The van der Waals surface area contributed by atoms with Crippen molar-refractivity contribution < 1.29 is 23.9 Å². The predicted molar refractivity (Wildman–Crippen MR) is 103 cm³/mol. The molecule has 1 aromatic carbocycles. The molecule has 0 saturated carbocycles. The highest BCUT2D eigenvalue weighted by Crippen LogP contribution is 2.28. The summed E-state index contributed by atoms with van der Waals surface area (Å²) in [5.74, 6) is -0.690. The van der Waals surface area contributed by atoms with Gasteiger partial charge in [0.1, 0.15) is 18.2 Å². The molecule has 0 radical (unpaired) electrons. The lowest BCUT2D eigenvalue weighted by Crippen LogP contribution is -2.59. The molecule has 1 unspecified atom stereocenters. The maximum absolute atomic E-state index is 12.7. The number of rotatable bonds is 3. The Morgan fingerprint density at radius 1 is 1.21 bits per heavy atom. The van der Waals surface area contributed by atoms with Crippen LogP contribution in [-0.4, -0.2) is 48.3 Å². The first-order valence-electron chi connectivity index (χ1n) is 9.11. The van der Waals surface area contributed by atoms with Crippen LogP contribution in [0.25, 0.3) is 0 Å². The summed E-state index contributed by atoms with van der Waals surface area (Å²) < 4.78 is 10.3. The number of fused-ring (bicyclic) bond motifs is 1. The van der Waals surface area contributed by atoms with Crippen LogP contribution in [-0.2, 0) is 25.5 Å². The molecular formula is C19H24ClN3O5. The average molecular weight is 410 g/mol. The van der Waals surface area contributed by atoms with Crippen molar-refractivity contribution in [2.24, 2.45) is 0 Å². The van der Waals surface area contributed by atoms with E-state index < -0.39 is 35.8 Å². The highest BCUT2D eigenvalue weighted by Gasteiger charge is 2.36. The molecule has 0 spiro atoms. The minimum absolute atomic E-state index is 0.0301. The van der Waals surface area contributed by atoms with Crippen LogP contribution in [0.2, 0.25) is 5.02 Å². The number of nitrogens with one attached hydrogen (secondary N) is 3. The minimum atomic E-state index is -0.658. The largest absolute Gasteiger partial charge is 0.463 e. The van der Waals surface area contributed by atoms with Gasteiger partial charge in [0.2, 0.25) is 5.91 Å². The van der Waals surface area contributed by atoms with Crippen molar-refractivity contribution >= 4 is 35.3 Å². The summed E-state index contributed by atoms with van der Waals surface area (Å²) in [6.07, 6.45) is -0.170. The molecule has 1 aromatic rings. The zero-order chi connectivity index (χ0) is 20.5. The van der Waals surface area contributed by atoms with Crippen molar-refractivity contribution in [3.63, 3.8) is 0 Å². The third-order valence-corrected chi connectivity index (χ3v) is 4.70. The maximum atomic E-state index is 12.7. The van der Waals surface area contributed by atoms with Gasteiger partial charge in [-0.3, -0.25) is 9.59 Å². The van der Waals surface area contributed by atoms with E-state index in [4.69, 9.17) is 21.1 Å². The van der Waals surface area contributed by atoms with Gasteiger partial charge in [-0.2, -0.15) is 0 Å². The highest BCUT2D eigenvalue weighted by molar-refractivity contribution is 6.30. The number of esters is 1. The molecule has 2 aliphatic rings. The van der Waals surface area contributed by atoms with Crippen LogP contribution >= 0.6 is 11.6 Å². The van der Waals surface area contributed by atoms with Crippen LogP contribution in [0.15, 0.2) is 18.2 Å². The lowest BCUT2D eigenvalue weighted by Gasteiger charge is -2.33. The van der Waals surface area contributed by atoms with E-state index in [1.165, 1.54) is 0 Å². The van der Waals surface area contributed by atoms with Gasteiger partial charge in [-0.05, 0) is 44.5 Å². The Balaban J connectivity index is 1.62. The molecule has 1 fully saturated rings. The lowest BCUT2D eigenvalue weighted by atomic mass is 10.0. The quantitative estimate of drug-likeness (QED) is 0.659. The molecule has 0 bridgehead atoms. The maximum Gasteiger partial charge on any atom is 0.408 e. The fraction of sp³-hybridized carbons (Fsp3) is 0.526. The number of carbonyl (C=O) groups excluding carboxylic acids is 3. The molecule has 3 N–H and O–H groups in total. The second-order valence-electron chi connectivity index (χ2n) is 7.96. The number of benzene rings is 1. The highest BCUT2D eigenvalue weighted by atomic mass is 35.5. The molecule has 9 heteroatoms. The molecule has 0 aliphatic carbocycles. The van der Waals surface area contributed by atoms with Crippen molar-refractivity contribution in [1.29, 1.82) is 0 Å². The van der Waals surface area contributed by atoms with Crippen LogP contribution < -0.4 is 16.0 Å². The van der Waals surface area contributed by atoms with Crippen LogP contribution in [0.4, 0.5) is 10.5 Å². The van der Waals surface area contributed by atoms with Crippen molar-refractivity contribution in [2.45, 2.75) is 57.3 Å². The summed E-state index contributed by atoms with van der Waals surface area (Å²) in [4.78, 5) is 36.5. The van der Waals surface area contributed by atoms with Gasteiger partial charge in [0.05, 0.1) is 18.5 Å². The fourth-order valence-electron chi connectivity index (χ4n) is 3.20. The molecule has 3 rings (SSSR count). The number of ether oxygens (including phenoxy) is 2. The SMILES string of the molecule is CC(C)(C)OC(=O)N[C@H]1COC(=O)C[C@H]1NC(=O)C1Cc2cc(Cl)ccc2N1.